The second-order valence-electron chi connectivity index (χ2n) is 5.45. The summed E-state index contributed by atoms with van der Waals surface area (Å²) in [5.74, 6) is 1.75. The van der Waals surface area contributed by atoms with E-state index in [4.69, 9.17) is 21.1 Å². The molecule has 0 heterocycles. The first-order chi connectivity index (χ1) is 12.0. The Hall–Kier alpha value is -1.76. The summed E-state index contributed by atoms with van der Waals surface area (Å²) in [6, 6.07) is 12.1. The SMILES string of the molecule is COc1ccc(CNS(=O)(=O)c2ccc(CCCCl)cc2)cc1OC. The van der Waals surface area contributed by atoms with E-state index >= 15 is 0 Å². The second-order valence-corrected chi connectivity index (χ2v) is 7.60. The third kappa shape index (κ3) is 5.36. The molecular weight excluding hydrogens is 362 g/mol. The van der Waals surface area contributed by atoms with Gasteiger partial charge in [0.15, 0.2) is 11.5 Å². The zero-order valence-electron chi connectivity index (χ0n) is 14.3. The molecule has 2 aromatic rings. The highest BCUT2D eigenvalue weighted by atomic mass is 35.5. The summed E-state index contributed by atoms with van der Waals surface area (Å²) in [6.07, 6.45) is 1.70. The smallest absolute Gasteiger partial charge is 0.240 e. The summed E-state index contributed by atoms with van der Waals surface area (Å²) < 4.78 is 37.8. The van der Waals surface area contributed by atoms with Crippen LogP contribution in [0.2, 0.25) is 0 Å². The van der Waals surface area contributed by atoms with E-state index in [9.17, 15) is 8.42 Å². The van der Waals surface area contributed by atoms with Gasteiger partial charge in [-0.2, -0.15) is 0 Å². The lowest BCUT2D eigenvalue weighted by Gasteiger charge is -2.11. The summed E-state index contributed by atoms with van der Waals surface area (Å²) in [5, 5.41) is 0. The minimum atomic E-state index is -3.58. The van der Waals surface area contributed by atoms with Gasteiger partial charge in [-0.3, -0.25) is 0 Å². The molecule has 0 aromatic heterocycles. The molecule has 0 saturated heterocycles. The number of ether oxygens (including phenoxy) is 2. The van der Waals surface area contributed by atoms with Gasteiger partial charge in [0.2, 0.25) is 10.0 Å². The van der Waals surface area contributed by atoms with Gasteiger partial charge in [0.25, 0.3) is 0 Å². The molecule has 0 fully saturated rings. The van der Waals surface area contributed by atoms with Crippen molar-refractivity contribution >= 4 is 21.6 Å². The van der Waals surface area contributed by atoms with E-state index in [1.807, 2.05) is 12.1 Å². The molecule has 2 rings (SSSR count). The van der Waals surface area contributed by atoms with Crippen LogP contribution < -0.4 is 14.2 Å². The van der Waals surface area contributed by atoms with E-state index in [0.29, 0.717) is 17.4 Å². The fourth-order valence-electron chi connectivity index (χ4n) is 2.36. The van der Waals surface area contributed by atoms with Crippen molar-refractivity contribution in [2.75, 3.05) is 20.1 Å². The molecule has 1 N–H and O–H groups in total. The topological polar surface area (TPSA) is 64.6 Å². The molecule has 0 radical (unpaired) electrons. The Labute approximate surface area is 154 Å². The number of sulfonamides is 1. The van der Waals surface area contributed by atoms with Crippen molar-refractivity contribution < 1.29 is 17.9 Å². The molecule has 2 aromatic carbocycles. The van der Waals surface area contributed by atoms with Gasteiger partial charge in [0.1, 0.15) is 0 Å². The molecule has 0 unspecified atom stereocenters. The predicted molar refractivity (Wildman–Crippen MR) is 99.1 cm³/mol. The predicted octanol–water partition coefficient (Wildman–Crippen LogP) is 3.35. The van der Waals surface area contributed by atoms with Crippen LogP contribution in [0.25, 0.3) is 0 Å². The highest BCUT2D eigenvalue weighted by Crippen LogP contribution is 2.27. The largest absolute Gasteiger partial charge is 0.493 e. The summed E-state index contributed by atoms with van der Waals surface area (Å²) in [7, 11) is -0.487. The summed E-state index contributed by atoms with van der Waals surface area (Å²) in [4.78, 5) is 0.239. The number of benzene rings is 2. The second kappa shape index (κ2) is 9.08. The minimum absolute atomic E-state index is 0.163. The number of alkyl halides is 1. The molecule has 0 aliphatic carbocycles. The number of aryl methyl sites for hydroxylation is 1. The van der Waals surface area contributed by atoms with Crippen molar-refractivity contribution in [2.45, 2.75) is 24.3 Å². The normalized spacial score (nSPS) is 11.3. The van der Waals surface area contributed by atoms with Crippen LogP contribution in [0, 0.1) is 0 Å². The van der Waals surface area contributed by atoms with E-state index in [-0.39, 0.29) is 11.4 Å². The lowest BCUT2D eigenvalue weighted by molar-refractivity contribution is 0.354. The highest BCUT2D eigenvalue weighted by Gasteiger charge is 2.14. The van der Waals surface area contributed by atoms with Gasteiger partial charge in [-0.05, 0) is 48.2 Å². The van der Waals surface area contributed by atoms with Gasteiger partial charge in [0, 0.05) is 12.4 Å². The molecule has 0 amide bonds. The van der Waals surface area contributed by atoms with Crippen molar-refractivity contribution in [3.8, 4) is 11.5 Å². The van der Waals surface area contributed by atoms with Gasteiger partial charge in [-0.1, -0.05) is 18.2 Å². The monoisotopic (exact) mass is 383 g/mol. The Morgan fingerprint density at radius 3 is 2.20 bits per heavy atom. The first kappa shape index (κ1) is 19.6. The molecule has 25 heavy (non-hydrogen) atoms. The van der Waals surface area contributed by atoms with Crippen molar-refractivity contribution in [3.63, 3.8) is 0 Å². The standard InChI is InChI=1S/C18H22ClNO4S/c1-23-17-10-7-15(12-18(17)24-2)13-20-25(21,22)16-8-5-14(6-9-16)4-3-11-19/h5-10,12,20H,3-4,11,13H2,1-2H3. The Morgan fingerprint density at radius 1 is 0.960 bits per heavy atom. The average molecular weight is 384 g/mol. The zero-order valence-corrected chi connectivity index (χ0v) is 15.9. The molecule has 0 aliphatic heterocycles. The van der Waals surface area contributed by atoms with Crippen LogP contribution in [0.5, 0.6) is 11.5 Å². The highest BCUT2D eigenvalue weighted by molar-refractivity contribution is 7.89. The average Bonchev–Trinajstić information content (AvgIpc) is 2.64. The minimum Gasteiger partial charge on any atom is -0.493 e. The maximum absolute atomic E-state index is 12.4. The van der Waals surface area contributed by atoms with Gasteiger partial charge < -0.3 is 9.47 Å². The summed E-state index contributed by atoms with van der Waals surface area (Å²) >= 11 is 5.67. The van der Waals surface area contributed by atoms with Crippen molar-refractivity contribution in [2.24, 2.45) is 0 Å². The van der Waals surface area contributed by atoms with E-state index in [0.717, 1.165) is 24.0 Å². The number of halogens is 1. The lowest BCUT2D eigenvalue weighted by Crippen LogP contribution is -2.23. The number of rotatable bonds is 9. The van der Waals surface area contributed by atoms with Gasteiger partial charge in [-0.15, -0.1) is 11.6 Å². The van der Waals surface area contributed by atoms with Crippen LogP contribution in [0.15, 0.2) is 47.4 Å². The first-order valence-corrected chi connectivity index (χ1v) is 9.87. The van der Waals surface area contributed by atoms with Crippen molar-refractivity contribution in [3.05, 3.63) is 53.6 Å². The van der Waals surface area contributed by atoms with Crippen LogP contribution >= 0.6 is 11.6 Å². The lowest BCUT2D eigenvalue weighted by atomic mass is 10.1. The van der Waals surface area contributed by atoms with Crippen LogP contribution in [0.4, 0.5) is 0 Å². The van der Waals surface area contributed by atoms with E-state index in [1.54, 1.807) is 37.4 Å². The molecular formula is C18H22ClNO4S. The molecule has 5 nitrogen and oxygen atoms in total. The maximum atomic E-state index is 12.4. The van der Waals surface area contributed by atoms with Crippen LogP contribution in [-0.2, 0) is 23.0 Å². The quantitative estimate of drug-likeness (QED) is 0.674. The maximum Gasteiger partial charge on any atom is 0.240 e. The summed E-state index contributed by atoms with van der Waals surface area (Å²) in [5.41, 5.74) is 1.85. The molecule has 0 spiro atoms. The third-order valence-corrected chi connectivity index (χ3v) is 5.43. The molecule has 0 aliphatic rings. The molecule has 0 saturated carbocycles. The van der Waals surface area contributed by atoms with Crippen molar-refractivity contribution in [1.82, 2.24) is 4.72 Å². The fourth-order valence-corrected chi connectivity index (χ4v) is 3.51. The van der Waals surface area contributed by atoms with E-state index < -0.39 is 10.0 Å². The number of hydrogen-bond donors (Lipinski definition) is 1. The van der Waals surface area contributed by atoms with Gasteiger partial charge in [0.05, 0.1) is 19.1 Å². The molecule has 136 valence electrons. The van der Waals surface area contributed by atoms with Gasteiger partial charge >= 0.3 is 0 Å². The fraction of sp³-hybridized carbons (Fsp3) is 0.333. The van der Waals surface area contributed by atoms with Crippen molar-refractivity contribution in [1.29, 1.82) is 0 Å². The Morgan fingerprint density at radius 2 is 1.60 bits per heavy atom. The summed E-state index contributed by atoms with van der Waals surface area (Å²) in [6.45, 7) is 0.163. The number of methoxy groups -OCH3 is 2. The third-order valence-electron chi connectivity index (χ3n) is 3.75. The zero-order chi connectivity index (χ0) is 18.3. The molecule has 7 heteroatoms. The Balaban J connectivity index is 2.06. The van der Waals surface area contributed by atoms with Crippen LogP contribution in [-0.4, -0.2) is 28.5 Å². The van der Waals surface area contributed by atoms with Gasteiger partial charge in [-0.25, -0.2) is 13.1 Å². The molecule has 0 bridgehead atoms. The van der Waals surface area contributed by atoms with Crippen LogP contribution in [0.3, 0.4) is 0 Å². The Bertz CT molecular complexity index is 791. The molecule has 0 atom stereocenters. The van der Waals surface area contributed by atoms with E-state index in [1.165, 1.54) is 7.11 Å². The van der Waals surface area contributed by atoms with Crippen LogP contribution in [0.1, 0.15) is 17.5 Å². The Kier molecular flexibility index (Phi) is 7.11. The first-order valence-electron chi connectivity index (χ1n) is 7.85. The number of nitrogens with one attached hydrogen (secondary N) is 1. The van der Waals surface area contributed by atoms with E-state index in [2.05, 4.69) is 4.72 Å². The number of hydrogen-bond acceptors (Lipinski definition) is 4.